The smallest absolute Gasteiger partial charge is 0.408 e. The Labute approximate surface area is 190 Å². The molecule has 1 fully saturated rings. The average molecular weight is 472 g/mol. The van der Waals surface area contributed by atoms with Gasteiger partial charge in [0.1, 0.15) is 29.8 Å². The molecule has 1 amide bonds. The van der Waals surface area contributed by atoms with E-state index in [0.29, 0.717) is 34.8 Å². The predicted octanol–water partition coefficient (Wildman–Crippen LogP) is 4.34. The van der Waals surface area contributed by atoms with Crippen molar-refractivity contribution < 1.29 is 32.3 Å². The number of halogens is 3. The number of rotatable bonds is 4. The lowest BCUT2D eigenvalue weighted by molar-refractivity contribution is -0.143. The van der Waals surface area contributed by atoms with Gasteiger partial charge in [-0.1, -0.05) is 18.2 Å². The summed E-state index contributed by atoms with van der Waals surface area (Å²) in [5.74, 6) is -1.87. The van der Waals surface area contributed by atoms with Crippen LogP contribution in [0.5, 0.6) is 0 Å². The van der Waals surface area contributed by atoms with Crippen LogP contribution in [0.15, 0.2) is 47.2 Å². The summed E-state index contributed by atoms with van der Waals surface area (Å²) in [5, 5.41) is 14.4. The molecule has 34 heavy (non-hydrogen) atoms. The van der Waals surface area contributed by atoms with E-state index in [4.69, 9.17) is 9.52 Å². The minimum absolute atomic E-state index is 0.0202. The maximum atomic E-state index is 13.3. The molecular weight excluding hydrogens is 453 g/mol. The number of hydrogen-bond donors (Lipinski definition) is 1. The molecule has 1 saturated heterocycles. The topological polar surface area (TPSA) is 101 Å². The number of fused-ring (bicyclic) bond motifs is 2. The van der Waals surface area contributed by atoms with Crippen molar-refractivity contribution >= 4 is 33.7 Å². The molecule has 0 bridgehead atoms. The lowest BCUT2D eigenvalue weighted by Gasteiger charge is -2.29. The van der Waals surface area contributed by atoms with Crippen molar-refractivity contribution in [1.82, 2.24) is 19.7 Å². The van der Waals surface area contributed by atoms with Gasteiger partial charge < -0.3 is 14.4 Å². The highest BCUT2D eigenvalue weighted by molar-refractivity contribution is 6.03. The largest absolute Gasteiger partial charge is 0.481 e. The van der Waals surface area contributed by atoms with Gasteiger partial charge in [0.15, 0.2) is 0 Å². The number of carboxylic acid groups (broad SMARTS) is 1. The van der Waals surface area contributed by atoms with Crippen LogP contribution >= 0.6 is 0 Å². The molecule has 0 unspecified atom stereocenters. The zero-order valence-corrected chi connectivity index (χ0v) is 17.7. The number of pyridine rings is 1. The fourth-order valence-corrected chi connectivity index (χ4v) is 4.33. The number of aromatic nitrogens is 3. The zero-order chi connectivity index (χ0) is 24.0. The third-order valence-corrected chi connectivity index (χ3v) is 6.05. The first-order valence-electron chi connectivity index (χ1n) is 10.6. The summed E-state index contributed by atoms with van der Waals surface area (Å²) in [7, 11) is 0. The number of benzene rings is 1. The second-order valence-electron chi connectivity index (χ2n) is 8.26. The van der Waals surface area contributed by atoms with Crippen LogP contribution < -0.4 is 0 Å². The highest BCUT2D eigenvalue weighted by Crippen LogP contribution is 2.35. The number of carboxylic acids is 1. The highest BCUT2D eigenvalue weighted by atomic mass is 19.4. The van der Waals surface area contributed by atoms with Crippen LogP contribution in [0.4, 0.5) is 13.2 Å². The van der Waals surface area contributed by atoms with Gasteiger partial charge in [-0.15, -0.1) is 0 Å². The maximum absolute atomic E-state index is 13.3. The van der Waals surface area contributed by atoms with Crippen LogP contribution in [0, 0.1) is 5.92 Å². The van der Waals surface area contributed by atoms with Gasteiger partial charge in [-0.25, -0.2) is 0 Å². The number of piperidine rings is 1. The number of para-hydroxylation sites is 1. The fraction of sp³-hybridized carbons (Fsp3) is 0.304. The molecule has 4 heterocycles. The summed E-state index contributed by atoms with van der Waals surface area (Å²) in [5.41, 5.74) is 1.47. The minimum atomic E-state index is -4.53. The van der Waals surface area contributed by atoms with E-state index in [0.717, 1.165) is 4.68 Å². The van der Waals surface area contributed by atoms with E-state index in [1.807, 2.05) is 0 Å². The summed E-state index contributed by atoms with van der Waals surface area (Å²) in [6.07, 6.45) is -1.11. The van der Waals surface area contributed by atoms with Crippen molar-refractivity contribution in [1.29, 1.82) is 0 Å². The van der Waals surface area contributed by atoms with Gasteiger partial charge in [-0.2, -0.15) is 18.3 Å². The molecule has 8 nitrogen and oxygen atoms in total. The predicted molar refractivity (Wildman–Crippen MR) is 115 cm³/mol. The number of hydrogen-bond acceptors (Lipinski definition) is 5. The van der Waals surface area contributed by atoms with E-state index in [-0.39, 0.29) is 30.0 Å². The lowest BCUT2D eigenvalue weighted by Crippen LogP contribution is -2.40. The number of nitrogens with zero attached hydrogens (tertiary/aromatic N) is 4. The van der Waals surface area contributed by atoms with Crippen LogP contribution in [-0.4, -0.2) is 55.9 Å². The molecule has 11 heteroatoms. The molecule has 0 saturated carbocycles. The van der Waals surface area contributed by atoms with Crippen LogP contribution in [-0.2, 0) is 11.3 Å². The Kier molecular flexibility index (Phi) is 5.26. The van der Waals surface area contributed by atoms with Gasteiger partial charge in [0.25, 0.3) is 5.91 Å². The minimum Gasteiger partial charge on any atom is -0.481 e. The van der Waals surface area contributed by atoms with Gasteiger partial charge in [0.2, 0.25) is 0 Å². The second-order valence-corrected chi connectivity index (χ2v) is 8.26. The number of aliphatic carboxylic acids is 1. The first kappa shape index (κ1) is 21.9. The van der Waals surface area contributed by atoms with Crippen molar-refractivity contribution in [3.05, 3.63) is 48.5 Å². The molecule has 0 atom stereocenters. The van der Waals surface area contributed by atoms with Gasteiger partial charge in [-0.3, -0.25) is 19.3 Å². The first-order chi connectivity index (χ1) is 16.2. The van der Waals surface area contributed by atoms with Crippen molar-refractivity contribution in [3.8, 4) is 11.3 Å². The van der Waals surface area contributed by atoms with Crippen LogP contribution in [0.25, 0.3) is 33.1 Å². The van der Waals surface area contributed by atoms with Crippen molar-refractivity contribution in [2.24, 2.45) is 5.92 Å². The van der Waals surface area contributed by atoms with Gasteiger partial charge in [0, 0.05) is 35.6 Å². The number of alkyl halides is 3. The van der Waals surface area contributed by atoms with Gasteiger partial charge in [-0.05, 0) is 25.0 Å². The molecule has 1 aliphatic rings. The Morgan fingerprint density at radius 3 is 2.59 bits per heavy atom. The Morgan fingerprint density at radius 1 is 1.15 bits per heavy atom. The molecule has 1 aliphatic heterocycles. The Hall–Kier alpha value is -3.89. The normalized spacial score (nSPS) is 15.3. The Morgan fingerprint density at radius 2 is 1.88 bits per heavy atom. The molecule has 176 valence electrons. The summed E-state index contributed by atoms with van der Waals surface area (Å²) in [6.45, 7) is -0.853. The third kappa shape index (κ3) is 3.97. The molecule has 0 radical (unpaired) electrons. The van der Waals surface area contributed by atoms with Gasteiger partial charge >= 0.3 is 12.1 Å². The van der Waals surface area contributed by atoms with E-state index in [2.05, 4.69) is 10.1 Å². The molecule has 1 aromatic carbocycles. The molecule has 5 rings (SSSR count). The summed E-state index contributed by atoms with van der Waals surface area (Å²) in [4.78, 5) is 29.8. The molecule has 3 aromatic heterocycles. The fourth-order valence-electron chi connectivity index (χ4n) is 4.33. The SMILES string of the molecule is O=C(O)C1CCN(C(=O)c2cc3c(cn2)c(-c2coc4ccccc24)nn3CC(F)(F)F)CC1. The van der Waals surface area contributed by atoms with Crippen molar-refractivity contribution in [2.45, 2.75) is 25.6 Å². The van der Waals surface area contributed by atoms with Crippen LogP contribution in [0.3, 0.4) is 0 Å². The summed E-state index contributed by atoms with van der Waals surface area (Å²) >= 11 is 0. The van der Waals surface area contributed by atoms with Crippen molar-refractivity contribution in [3.63, 3.8) is 0 Å². The Bertz CT molecular complexity index is 1400. The van der Waals surface area contributed by atoms with Crippen LogP contribution in [0.1, 0.15) is 23.3 Å². The number of carbonyl (C=O) groups excluding carboxylic acids is 1. The van der Waals surface area contributed by atoms with E-state index < -0.39 is 30.5 Å². The standard InChI is InChI=1S/C23H19F3N4O4/c24-23(25,26)12-30-18-9-17(21(31)29-7-5-13(6-8-29)22(32)33)27-10-15(18)20(28-30)16-11-34-19-4-2-1-3-14(16)19/h1-4,9-11,13H,5-8,12H2,(H,32,33). The molecule has 1 N–H and O–H groups in total. The quantitative estimate of drug-likeness (QED) is 0.474. The van der Waals surface area contributed by atoms with Crippen molar-refractivity contribution in [2.75, 3.05) is 13.1 Å². The molecule has 0 spiro atoms. The molecule has 4 aromatic rings. The van der Waals surface area contributed by atoms with E-state index in [1.165, 1.54) is 23.4 Å². The third-order valence-electron chi connectivity index (χ3n) is 6.05. The highest BCUT2D eigenvalue weighted by Gasteiger charge is 2.32. The number of amides is 1. The van der Waals surface area contributed by atoms with E-state index >= 15 is 0 Å². The number of furan rings is 1. The second kappa shape index (κ2) is 8.15. The summed E-state index contributed by atoms with van der Waals surface area (Å²) < 4.78 is 46.3. The molecular formula is C23H19F3N4O4. The van der Waals surface area contributed by atoms with Crippen LogP contribution in [0.2, 0.25) is 0 Å². The monoisotopic (exact) mass is 472 g/mol. The number of likely N-dealkylation sites (tertiary alicyclic amines) is 1. The lowest BCUT2D eigenvalue weighted by atomic mass is 9.97. The van der Waals surface area contributed by atoms with E-state index in [1.54, 1.807) is 24.3 Å². The Balaban J connectivity index is 1.55. The molecule has 0 aliphatic carbocycles. The maximum Gasteiger partial charge on any atom is 0.408 e. The summed E-state index contributed by atoms with van der Waals surface area (Å²) in [6, 6.07) is 8.42. The number of carbonyl (C=O) groups is 2. The average Bonchev–Trinajstić information content (AvgIpc) is 3.38. The van der Waals surface area contributed by atoms with Gasteiger partial charge in [0.05, 0.1) is 11.4 Å². The van der Waals surface area contributed by atoms with E-state index in [9.17, 15) is 22.8 Å². The zero-order valence-electron chi connectivity index (χ0n) is 17.7. The first-order valence-corrected chi connectivity index (χ1v) is 10.6.